The molecule has 8 heteroatoms. The average Bonchev–Trinajstić information content (AvgIpc) is 3.14. The highest BCUT2D eigenvalue weighted by atomic mass is 19.1. The molecular weight excluding hydrogens is 311 g/mol. The molecule has 1 aliphatic carbocycles. The first-order valence-corrected chi connectivity index (χ1v) is 8.99. The molecule has 0 aromatic rings. The van der Waals surface area contributed by atoms with Crippen molar-refractivity contribution in [3.63, 3.8) is 0 Å². The third kappa shape index (κ3) is 4.31. The molecule has 0 aromatic heterocycles. The Hall–Kier alpha value is -1.06. The van der Waals surface area contributed by atoms with Gasteiger partial charge in [-0.05, 0) is 56.4 Å². The van der Waals surface area contributed by atoms with Crippen LogP contribution in [0.15, 0.2) is 12.7 Å². The second kappa shape index (κ2) is 8.35. The number of amides is 1. The fourth-order valence-corrected chi connectivity index (χ4v) is 4.24. The van der Waals surface area contributed by atoms with Crippen molar-refractivity contribution < 1.29 is 9.18 Å². The summed E-state index contributed by atoms with van der Waals surface area (Å²) >= 11 is 0. The van der Waals surface area contributed by atoms with Gasteiger partial charge in [-0.25, -0.2) is 15.2 Å². The third-order valence-corrected chi connectivity index (χ3v) is 5.63. The molecule has 3 unspecified atom stereocenters. The predicted octanol–water partition coefficient (Wildman–Crippen LogP) is -0.00320. The molecule has 6 N–H and O–H groups in total. The molecule has 0 aromatic carbocycles. The number of alkyl halides is 1. The van der Waals surface area contributed by atoms with Gasteiger partial charge in [-0.15, -0.1) is 0 Å². The first-order valence-electron chi connectivity index (χ1n) is 8.99. The minimum atomic E-state index is -0.617. The number of hydrazine groups is 3. The largest absolute Gasteiger partial charge is 0.352 e. The van der Waals surface area contributed by atoms with Gasteiger partial charge in [-0.3, -0.25) is 4.79 Å². The molecule has 1 amide bonds. The van der Waals surface area contributed by atoms with E-state index in [1.807, 2.05) is 0 Å². The van der Waals surface area contributed by atoms with Crippen LogP contribution in [-0.4, -0.2) is 36.9 Å². The van der Waals surface area contributed by atoms with Gasteiger partial charge in [0.15, 0.2) is 0 Å². The molecule has 3 rings (SSSR count). The molecule has 0 spiro atoms. The van der Waals surface area contributed by atoms with Crippen molar-refractivity contribution in [1.82, 2.24) is 32.6 Å². The molecule has 2 aliphatic heterocycles. The van der Waals surface area contributed by atoms with Crippen LogP contribution in [0.4, 0.5) is 4.39 Å². The highest BCUT2D eigenvalue weighted by molar-refractivity contribution is 5.86. The van der Waals surface area contributed by atoms with Crippen LogP contribution in [-0.2, 0) is 4.79 Å². The fourth-order valence-electron chi connectivity index (χ4n) is 4.24. The molecule has 24 heavy (non-hydrogen) atoms. The number of hydrogen-bond acceptors (Lipinski definition) is 6. The Morgan fingerprint density at radius 1 is 1.12 bits per heavy atom. The van der Waals surface area contributed by atoms with Crippen LogP contribution >= 0.6 is 0 Å². The summed E-state index contributed by atoms with van der Waals surface area (Å²) in [6, 6.07) is 0.581. The number of piperidine rings is 1. The highest BCUT2D eigenvalue weighted by Gasteiger charge is 2.39. The van der Waals surface area contributed by atoms with Gasteiger partial charge in [0.1, 0.15) is 12.3 Å². The third-order valence-electron chi connectivity index (χ3n) is 5.63. The first-order chi connectivity index (χ1) is 11.7. The van der Waals surface area contributed by atoms with Crippen LogP contribution < -0.4 is 32.6 Å². The summed E-state index contributed by atoms with van der Waals surface area (Å²) in [6.07, 6.45) is 6.13. The van der Waals surface area contributed by atoms with Gasteiger partial charge >= 0.3 is 0 Å². The number of carbonyl (C=O) groups excluding carboxylic acids is 1. The fraction of sp³-hybridized carbons (Fsp3) is 0.812. The van der Waals surface area contributed by atoms with E-state index in [9.17, 15) is 9.18 Å². The lowest BCUT2D eigenvalue weighted by molar-refractivity contribution is -0.116. The lowest BCUT2D eigenvalue weighted by Gasteiger charge is -2.44. The van der Waals surface area contributed by atoms with Crippen LogP contribution in [0, 0.1) is 11.8 Å². The van der Waals surface area contributed by atoms with Crippen molar-refractivity contribution in [3.05, 3.63) is 12.7 Å². The molecule has 7 nitrogen and oxygen atoms in total. The summed E-state index contributed by atoms with van der Waals surface area (Å²) in [6.45, 7) is 4.11. The first kappa shape index (κ1) is 17.8. The van der Waals surface area contributed by atoms with E-state index in [4.69, 9.17) is 0 Å². The van der Waals surface area contributed by atoms with Gasteiger partial charge in [0.2, 0.25) is 5.91 Å². The Morgan fingerprint density at radius 2 is 1.83 bits per heavy atom. The quantitative estimate of drug-likeness (QED) is 0.395. The average molecular weight is 340 g/mol. The molecule has 3 atom stereocenters. The van der Waals surface area contributed by atoms with E-state index in [1.54, 1.807) is 0 Å². The molecule has 3 aliphatic rings. The summed E-state index contributed by atoms with van der Waals surface area (Å²) in [7, 11) is 0. The highest BCUT2D eigenvalue weighted by Crippen LogP contribution is 2.34. The smallest absolute Gasteiger partial charge is 0.243 e. The minimum absolute atomic E-state index is 0.0240. The molecule has 1 saturated carbocycles. The van der Waals surface area contributed by atoms with Gasteiger partial charge in [0.25, 0.3) is 0 Å². The van der Waals surface area contributed by atoms with E-state index in [-0.39, 0.29) is 18.1 Å². The normalized spacial score (nSPS) is 38.0. The maximum atomic E-state index is 13.4. The molecule has 2 saturated heterocycles. The molecular formula is C16H29FN6O. The van der Waals surface area contributed by atoms with Crippen molar-refractivity contribution in [3.8, 4) is 0 Å². The minimum Gasteiger partial charge on any atom is -0.352 e. The number of halogens is 1. The van der Waals surface area contributed by atoms with Crippen molar-refractivity contribution in [2.24, 2.45) is 11.8 Å². The zero-order valence-electron chi connectivity index (χ0n) is 14.0. The summed E-state index contributed by atoms with van der Waals surface area (Å²) in [5.74, 6) is 0.723. The van der Waals surface area contributed by atoms with E-state index in [0.717, 1.165) is 25.7 Å². The maximum Gasteiger partial charge on any atom is 0.243 e. The van der Waals surface area contributed by atoms with Gasteiger partial charge < -0.3 is 10.6 Å². The van der Waals surface area contributed by atoms with Crippen LogP contribution in [0.2, 0.25) is 0 Å². The Bertz CT molecular complexity index is 436. The number of rotatable bonds is 5. The van der Waals surface area contributed by atoms with Gasteiger partial charge in [-0.2, -0.15) is 11.1 Å². The zero-order valence-corrected chi connectivity index (χ0v) is 14.0. The van der Waals surface area contributed by atoms with Gasteiger partial charge in [0, 0.05) is 18.6 Å². The van der Waals surface area contributed by atoms with Crippen molar-refractivity contribution in [2.75, 3.05) is 6.54 Å². The molecule has 0 radical (unpaired) electrons. The summed E-state index contributed by atoms with van der Waals surface area (Å²) < 4.78 is 13.4. The van der Waals surface area contributed by atoms with Crippen LogP contribution in [0.25, 0.3) is 0 Å². The summed E-state index contributed by atoms with van der Waals surface area (Å²) in [4.78, 5) is 11.5. The monoisotopic (exact) mass is 340 g/mol. The van der Waals surface area contributed by atoms with E-state index in [2.05, 4.69) is 39.1 Å². The van der Waals surface area contributed by atoms with Crippen molar-refractivity contribution in [1.29, 1.82) is 0 Å². The number of nitrogens with one attached hydrogen (secondary N) is 6. The van der Waals surface area contributed by atoms with Crippen LogP contribution in [0.1, 0.15) is 38.5 Å². The zero-order chi connectivity index (χ0) is 16.9. The van der Waals surface area contributed by atoms with E-state index in [1.165, 1.54) is 6.08 Å². The van der Waals surface area contributed by atoms with E-state index < -0.39 is 6.17 Å². The lowest BCUT2D eigenvalue weighted by Crippen LogP contribution is -2.63. The summed E-state index contributed by atoms with van der Waals surface area (Å²) in [5, 5.41) is 6.68. The SMILES string of the molecule is C=CC(=O)NCC1CCC(C2CCC(F)CC2)NC1C1NNNN1. The Morgan fingerprint density at radius 3 is 2.50 bits per heavy atom. The molecule has 136 valence electrons. The number of carbonyl (C=O) groups is 1. The Labute approximate surface area is 142 Å². The van der Waals surface area contributed by atoms with Gasteiger partial charge in [-0.1, -0.05) is 6.58 Å². The predicted molar refractivity (Wildman–Crippen MR) is 89.8 cm³/mol. The Kier molecular flexibility index (Phi) is 6.18. The second-order valence-corrected chi connectivity index (χ2v) is 7.11. The van der Waals surface area contributed by atoms with Crippen molar-refractivity contribution in [2.45, 2.75) is 62.9 Å². The lowest BCUT2D eigenvalue weighted by atomic mass is 9.76. The van der Waals surface area contributed by atoms with Crippen LogP contribution in [0.3, 0.4) is 0 Å². The standard InChI is InChI=1S/C16H29FN6O/c1-2-14(24)18-9-11-5-8-13(10-3-6-12(17)7-4-10)19-15(11)16-20-22-23-21-16/h2,10-13,15-16,19-23H,1,3-9H2,(H,18,24). The Balaban J connectivity index is 1.60. The van der Waals surface area contributed by atoms with Crippen LogP contribution in [0.5, 0.6) is 0 Å². The van der Waals surface area contributed by atoms with E-state index >= 15 is 0 Å². The van der Waals surface area contributed by atoms with Gasteiger partial charge in [0.05, 0.1) is 0 Å². The molecule has 3 fully saturated rings. The molecule has 2 heterocycles. The van der Waals surface area contributed by atoms with Crippen molar-refractivity contribution >= 4 is 5.91 Å². The summed E-state index contributed by atoms with van der Waals surface area (Å²) in [5.41, 5.74) is 12.0. The topological polar surface area (TPSA) is 89.2 Å². The maximum absolute atomic E-state index is 13.4. The second-order valence-electron chi connectivity index (χ2n) is 7.11. The number of hydrogen-bond donors (Lipinski definition) is 6. The molecule has 0 bridgehead atoms. The van der Waals surface area contributed by atoms with E-state index in [0.29, 0.717) is 37.3 Å².